The number of amides is 2. The Bertz CT molecular complexity index is 1460. The molecule has 3 rings (SSSR count). The van der Waals surface area contributed by atoms with E-state index in [-0.39, 0.29) is 29.0 Å². The van der Waals surface area contributed by atoms with Crippen molar-refractivity contribution in [1.29, 1.82) is 0 Å². The largest absolute Gasteiger partial charge is 0.497 e. The fraction of sp³-hybridized carbons (Fsp3) is 0.375. The van der Waals surface area contributed by atoms with Gasteiger partial charge in [0.2, 0.25) is 11.8 Å². The smallest absolute Gasteiger partial charge is 0.264 e. The summed E-state index contributed by atoms with van der Waals surface area (Å²) in [5, 5.41) is 2.93. The minimum atomic E-state index is -4.17. The third-order valence-corrected chi connectivity index (χ3v) is 8.57. The molecule has 0 aliphatic carbocycles. The standard InChI is InChI=1S/C32H41N3O6S/c1-7-30(32(37)33-20-23(2)3)34(21-25-10-8-12-27(18-25)40-5)31(36)22-35(26-11-9-13-28(19-26)41-6)42(38,39)29-16-14-24(4)15-17-29/h8-19,23,30H,7,20-22H2,1-6H3,(H,33,37). The molecule has 0 fully saturated rings. The molecule has 0 spiro atoms. The first-order valence-electron chi connectivity index (χ1n) is 13.9. The van der Waals surface area contributed by atoms with Gasteiger partial charge in [-0.2, -0.15) is 0 Å². The molecule has 42 heavy (non-hydrogen) atoms. The third kappa shape index (κ3) is 8.25. The van der Waals surface area contributed by atoms with Gasteiger partial charge in [-0.25, -0.2) is 8.42 Å². The number of hydrogen-bond acceptors (Lipinski definition) is 6. The average molecular weight is 596 g/mol. The summed E-state index contributed by atoms with van der Waals surface area (Å²) in [4.78, 5) is 29.0. The predicted molar refractivity (Wildman–Crippen MR) is 164 cm³/mol. The lowest BCUT2D eigenvalue weighted by Gasteiger charge is -2.33. The summed E-state index contributed by atoms with van der Waals surface area (Å²) < 4.78 is 39.8. The van der Waals surface area contributed by atoms with Crippen LogP contribution in [0, 0.1) is 12.8 Å². The van der Waals surface area contributed by atoms with Crippen molar-refractivity contribution in [3.8, 4) is 11.5 Å². The van der Waals surface area contributed by atoms with E-state index in [4.69, 9.17) is 9.47 Å². The molecule has 1 unspecified atom stereocenters. The van der Waals surface area contributed by atoms with E-state index in [9.17, 15) is 18.0 Å². The normalized spacial score (nSPS) is 12.0. The number of benzene rings is 3. The molecule has 226 valence electrons. The molecule has 0 aliphatic heterocycles. The lowest BCUT2D eigenvalue weighted by atomic mass is 10.1. The zero-order valence-corrected chi connectivity index (χ0v) is 26.0. The van der Waals surface area contributed by atoms with E-state index >= 15 is 0 Å². The highest BCUT2D eigenvalue weighted by Crippen LogP contribution is 2.28. The average Bonchev–Trinajstić information content (AvgIpc) is 2.98. The Morgan fingerprint density at radius 3 is 2.12 bits per heavy atom. The molecule has 1 N–H and O–H groups in total. The van der Waals surface area contributed by atoms with E-state index in [0.29, 0.717) is 24.5 Å². The van der Waals surface area contributed by atoms with Crippen LogP contribution in [0.1, 0.15) is 38.3 Å². The van der Waals surface area contributed by atoms with Crippen LogP contribution in [0.3, 0.4) is 0 Å². The maximum Gasteiger partial charge on any atom is 0.264 e. The zero-order chi connectivity index (χ0) is 30.9. The molecule has 2 amide bonds. The molecule has 0 saturated heterocycles. The van der Waals surface area contributed by atoms with Gasteiger partial charge in [0, 0.05) is 19.2 Å². The summed E-state index contributed by atoms with van der Waals surface area (Å²) in [6.07, 6.45) is 0.337. The first-order valence-corrected chi connectivity index (χ1v) is 15.4. The second-order valence-electron chi connectivity index (χ2n) is 10.5. The fourth-order valence-corrected chi connectivity index (χ4v) is 5.85. The molecule has 9 nitrogen and oxygen atoms in total. The van der Waals surface area contributed by atoms with Gasteiger partial charge in [0.05, 0.1) is 24.8 Å². The van der Waals surface area contributed by atoms with Gasteiger partial charge in [0.1, 0.15) is 24.1 Å². The van der Waals surface area contributed by atoms with E-state index < -0.39 is 28.5 Å². The van der Waals surface area contributed by atoms with Crippen LogP contribution in [0.15, 0.2) is 77.7 Å². The van der Waals surface area contributed by atoms with E-state index in [2.05, 4.69) is 5.32 Å². The van der Waals surface area contributed by atoms with Gasteiger partial charge in [-0.3, -0.25) is 13.9 Å². The van der Waals surface area contributed by atoms with Crippen molar-refractivity contribution in [2.75, 3.05) is 31.6 Å². The number of rotatable bonds is 14. The van der Waals surface area contributed by atoms with Gasteiger partial charge in [-0.05, 0) is 61.2 Å². The van der Waals surface area contributed by atoms with Crippen molar-refractivity contribution in [3.63, 3.8) is 0 Å². The highest BCUT2D eigenvalue weighted by Gasteiger charge is 2.34. The Labute approximate surface area is 249 Å². The quantitative estimate of drug-likeness (QED) is 0.288. The van der Waals surface area contributed by atoms with Crippen molar-refractivity contribution < 1.29 is 27.5 Å². The summed E-state index contributed by atoms with van der Waals surface area (Å²) in [5.41, 5.74) is 1.91. The summed E-state index contributed by atoms with van der Waals surface area (Å²) in [5.74, 6) is 0.450. The van der Waals surface area contributed by atoms with Gasteiger partial charge >= 0.3 is 0 Å². The van der Waals surface area contributed by atoms with E-state index in [1.54, 1.807) is 61.7 Å². The summed E-state index contributed by atoms with van der Waals surface area (Å²) in [6, 6.07) is 19.4. The number of hydrogen-bond donors (Lipinski definition) is 1. The van der Waals surface area contributed by atoms with Crippen LogP contribution in [0.25, 0.3) is 0 Å². The first-order chi connectivity index (χ1) is 20.0. The van der Waals surface area contributed by atoms with Crippen LogP contribution in [0.4, 0.5) is 5.69 Å². The molecule has 1 atom stereocenters. The molecule has 3 aromatic carbocycles. The molecule has 10 heteroatoms. The lowest BCUT2D eigenvalue weighted by molar-refractivity contribution is -0.140. The summed E-state index contributed by atoms with van der Waals surface area (Å²) in [7, 11) is -1.13. The number of nitrogens with zero attached hydrogens (tertiary/aromatic N) is 2. The number of sulfonamides is 1. The number of aryl methyl sites for hydroxylation is 1. The number of anilines is 1. The Balaban J connectivity index is 2.07. The number of carbonyl (C=O) groups excluding carboxylic acids is 2. The van der Waals surface area contributed by atoms with Crippen LogP contribution in [0.2, 0.25) is 0 Å². The molecule has 0 saturated carbocycles. The highest BCUT2D eigenvalue weighted by atomic mass is 32.2. The monoisotopic (exact) mass is 595 g/mol. The minimum absolute atomic E-state index is 0.0461. The number of nitrogens with one attached hydrogen (secondary N) is 1. The van der Waals surface area contributed by atoms with Gasteiger partial charge in [0.15, 0.2) is 0 Å². The Morgan fingerprint density at radius 1 is 0.905 bits per heavy atom. The van der Waals surface area contributed by atoms with Gasteiger partial charge in [-0.15, -0.1) is 0 Å². The summed E-state index contributed by atoms with van der Waals surface area (Å²) in [6.45, 7) is 7.68. The maximum atomic E-state index is 14.2. The number of ether oxygens (including phenoxy) is 2. The van der Waals surface area contributed by atoms with Crippen LogP contribution in [0.5, 0.6) is 11.5 Å². The van der Waals surface area contributed by atoms with Crippen molar-refractivity contribution in [2.24, 2.45) is 5.92 Å². The molecule has 0 heterocycles. The SMILES string of the molecule is CCC(C(=O)NCC(C)C)N(Cc1cccc(OC)c1)C(=O)CN(c1cccc(OC)c1)S(=O)(=O)c1ccc(C)cc1. The fourth-order valence-electron chi connectivity index (χ4n) is 4.44. The molecule has 0 aliphatic rings. The van der Waals surface area contributed by atoms with Gasteiger partial charge in [0.25, 0.3) is 10.0 Å². The van der Waals surface area contributed by atoms with Crippen LogP contribution >= 0.6 is 0 Å². The van der Waals surface area contributed by atoms with Gasteiger partial charge in [-0.1, -0.05) is 56.7 Å². The minimum Gasteiger partial charge on any atom is -0.497 e. The van der Waals surface area contributed by atoms with Crippen LogP contribution in [-0.2, 0) is 26.2 Å². The van der Waals surface area contributed by atoms with Crippen LogP contribution < -0.4 is 19.1 Å². The molecule has 3 aromatic rings. The zero-order valence-electron chi connectivity index (χ0n) is 25.2. The van der Waals surface area contributed by atoms with E-state index in [0.717, 1.165) is 15.4 Å². The maximum absolute atomic E-state index is 14.2. The van der Waals surface area contributed by atoms with Crippen molar-refractivity contribution in [1.82, 2.24) is 10.2 Å². The molecule has 0 aromatic heterocycles. The molecule has 0 radical (unpaired) electrons. The third-order valence-electron chi connectivity index (χ3n) is 6.79. The lowest BCUT2D eigenvalue weighted by Crippen LogP contribution is -2.52. The number of methoxy groups -OCH3 is 2. The van der Waals surface area contributed by atoms with Crippen LogP contribution in [-0.4, -0.2) is 58.5 Å². The molecule has 0 bridgehead atoms. The van der Waals surface area contributed by atoms with Crippen molar-refractivity contribution in [2.45, 2.75) is 51.6 Å². The predicted octanol–water partition coefficient (Wildman–Crippen LogP) is 4.79. The molecular weight excluding hydrogens is 554 g/mol. The topological polar surface area (TPSA) is 105 Å². The Hall–Kier alpha value is -4.05. The summed E-state index contributed by atoms with van der Waals surface area (Å²) >= 11 is 0. The first kappa shape index (κ1) is 32.5. The van der Waals surface area contributed by atoms with Crippen molar-refractivity contribution in [3.05, 3.63) is 83.9 Å². The van der Waals surface area contributed by atoms with Crippen molar-refractivity contribution >= 4 is 27.5 Å². The Morgan fingerprint density at radius 2 is 1.52 bits per heavy atom. The Kier molecular flexibility index (Phi) is 11.4. The number of carbonyl (C=O) groups is 2. The highest BCUT2D eigenvalue weighted by molar-refractivity contribution is 7.92. The van der Waals surface area contributed by atoms with E-state index in [1.807, 2.05) is 33.8 Å². The van der Waals surface area contributed by atoms with E-state index in [1.165, 1.54) is 24.1 Å². The second-order valence-corrected chi connectivity index (χ2v) is 12.3. The van der Waals surface area contributed by atoms with Gasteiger partial charge < -0.3 is 19.7 Å². The second kappa shape index (κ2) is 14.7. The molecular formula is C32H41N3O6S.